The van der Waals surface area contributed by atoms with E-state index < -0.39 is 39.7 Å². The number of nitrogens with one attached hydrogen (secondary N) is 1. The summed E-state index contributed by atoms with van der Waals surface area (Å²) in [4.78, 5) is 9.80. The van der Waals surface area contributed by atoms with Gasteiger partial charge in [-0.05, 0) is 5.56 Å². The van der Waals surface area contributed by atoms with Crippen LogP contribution in [0.2, 0.25) is 0 Å². The predicted molar refractivity (Wildman–Crippen MR) is 64.5 cm³/mol. The summed E-state index contributed by atoms with van der Waals surface area (Å²) >= 11 is 0.775. The summed E-state index contributed by atoms with van der Waals surface area (Å²) < 4.78 is 65.4. The van der Waals surface area contributed by atoms with Crippen molar-refractivity contribution in [1.29, 1.82) is 0 Å². The average molecular weight is 324 g/mol. The van der Waals surface area contributed by atoms with Gasteiger partial charge in [0.15, 0.2) is 23.3 Å². The number of benzene rings is 1. The predicted octanol–water partition coefficient (Wildman–Crippen LogP) is 3.96. The molecule has 1 aromatic carbocycles. The Balaban J connectivity index is 2.26. The number of halogens is 5. The minimum Gasteiger partial charge on any atom is -0.376 e. The van der Waals surface area contributed by atoms with Crippen LogP contribution in [0.1, 0.15) is 5.56 Å². The number of rotatable bonds is 4. The molecule has 10 heteroatoms. The SMILES string of the molecule is O=[N+]([O-])c1cc(CNc2c(F)c(F)c(F)c(F)c2F)cs1. The summed E-state index contributed by atoms with van der Waals surface area (Å²) in [5.41, 5.74) is -0.907. The lowest BCUT2D eigenvalue weighted by molar-refractivity contribution is -0.380. The van der Waals surface area contributed by atoms with E-state index in [0.29, 0.717) is 0 Å². The van der Waals surface area contributed by atoms with Crippen LogP contribution in [0.15, 0.2) is 11.4 Å². The van der Waals surface area contributed by atoms with E-state index in [1.54, 1.807) is 0 Å². The second-order valence-electron chi connectivity index (χ2n) is 3.85. The lowest BCUT2D eigenvalue weighted by Gasteiger charge is -2.09. The Kier molecular flexibility index (Phi) is 4.07. The van der Waals surface area contributed by atoms with Crippen LogP contribution >= 0.6 is 11.3 Å². The molecule has 2 rings (SSSR count). The van der Waals surface area contributed by atoms with Crippen LogP contribution in [-0.4, -0.2) is 4.92 Å². The van der Waals surface area contributed by atoms with Crippen molar-refractivity contribution in [2.75, 3.05) is 5.32 Å². The molecular formula is C11H5F5N2O2S. The lowest BCUT2D eigenvalue weighted by Crippen LogP contribution is -2.09. The van der Waals surface area contributed by atoms with Gasteiger partial charge in [-0.3, -0.25) is 10.1 Å². The number of nitro groups is 1. The smallest absolute Gasteiger partial charge is 0.324 e. The minimum atomic E-state index is -2.25. The molecule has 1 N–H and O–H groups in total. The molecule has 21 heavy (non-hydrogen) atoms. The maximum Gasteiger partial charge on any atom is 0.324 e. The molecule has 0 radical (unpaired) electrons. The second kappa shape index (κ2) is 5.64. The molecule has 0 aliphatic rings. The van der Waals surface area contributed by atoms with Crippen molar-refractivity contribution in [3.63, 3.8) is 0 Å². The highest BCUT2D eigenvalue weighted by Gasteiger charge is 2.25. The molecule has 0 unspecified atom stereocenters. The maximum atomic E-state index is 13.3. The molecule has 2 aromatic rings. The van der Waals surface area contributed by atoms with Gasteiger partial charge in [0.05, 0.1) is 4.92 Å². The van der Waals surface area contributed by atoms with E-state index in [9.17, 15) is 32.1 Å². The van der Waals surface area contributed by atoms with Crippen molar-refractivity contribution in [3.8, 4) is 0 Å². The third-order valence-corrected chi connectivity index (χ3v) is 3.43. The molecule has 1 heterocycles. The fraction of sp³-hybridized carbons (Fsp3) is 0.0909. The van der Waals surface area contributed by atoms with Crippen LogP contribution in [0, 0.1) is 39.2 Å². The van der Waals surface area contributed by atoms with Crippen molar-refractivity contribution in [3.05, 3.63) is 56.2 Å². The fourth-order valence-corrected chi connectivity index (χ4v) is 2.23. The Morgan fingerprint density at radius 3 is 2.05 bits per heavy atom. The topological polar surface area (TPSA) is 55.2 Å². The zero-order chi connectivity index (χ0) is 15.7. The monoisotopic (exact) mass is 324 g/mol. The number of hydrogen-bond donors (Lipinski definition) is 1. The Labute approximate surface area is 118 Å². The van der Waals surface area contributed by atoms with E-state index in [0.717, 1.165) is 17.4 Å². The van der Waals surface area contributed by atoms with Gasteiger partial charge in [0.1, 0.15) is 5.69 Å². The highest BCUT2D eigenvalue weighted by Crippen LogP contribution is 2.28. The fourth-order valence-electron chi connectivity index (χ4n) is 1.50. The molecule has 0 aliphatic carbocycles. The molecule has 0 saturated carbocycles. The summed E-state index contributed by atoms with van der Waals surface area (Å²) in [7, 11) is 0. The molecule has 0 bridgehead atoms. The first kappa shape index (κ1) is 15.2. The highest BCUT2D eigenvalue weighted by atomic mass is 32.1. The summed E-state index contributed by atoms with van der Waals surface area (Å²) in [6, 6.07) is 1.13. The highest BCUT2D eigenvalue weighted by molar-refractivity contribution is 7.13. The van der Waals surface area contributed by atoms with E-state index in [1.807, 2.05) is 5.32 Å². The summed E-state index contributed by atoms with van der Waals surface area (Å²) in [5, 5.41) is 13.6. The molecule has 0 amide bonds. The molecule has 0 saturated heterocycles. The molecule has 112 valence electrons. The van der Waals surface area contributed by atoms with Crippen molar-refractivity contribution >= 4 is 22.0 Å². The molecular weight excluding hydrogens is 319 g/mol. The Hall–Kier alpha value is -2.23. The van der Waals surface area contributed by atoms with E-state index >= 15 is 0 Å². The molecule has 1 aromatic heterocycles. The van der Waals surface area contributed by atoms with Gasteiger partial charge in [-0.15, -0.1) is 0 Å². The minimum absolute atomic E-state index is 0.204. The van der Waals surface area contributed by atoms with Gasteiger partial charge >= 0.3 is 5.00 Å². The van der Waals surface area contributed by atoms with Gasteiger partial charge in [0.25, 0.3) is 0 Å². The van der Waals surface area contributed by atoms with Crippen molar-refractivity contribution in [1.82, 2.24) is 0 Å². The maximum absolute atomic E-state index is 13.3. The molecule has 0 aliphatic heterocycles. The van der Waals surface area contributed by atoms with E-state index in [1.165, 1.54) is 5.38 Å². The zero-order valence-electron chi connectivity index (χ0n) is 9.92. The zero-order valence-corrected chi connectivity index (χ0v) is 10.7. The van der Waals surface area contributed by atoms with Crippen molar-refractivity contribution in [2.45, 2.75) is 6.54 Å². The summed E-state index contributed by atoms with van der Waals surface area (Å²) in [6.07, 6.45) is 0. The first-order chi connectivity index (χ1) is 9.82. The van der Waals surface area contributed by atoms with E-state index in [4.69, 9.17) is 0 Å². The Morgan fingerprint density at radius 1 is 1.05 bits per heavy atom. The van der Waals surface area contributed by atoms with Crippen LogP contribution < -0.4 is 5.32 Å². The van der Waals surface area contributed by atoms with Gasteiger partial charge in [0.2, 0.25) is 5.82 Å². The van der Waals surface area contributed by atoms with Gasteiger partial charge < -0.3 is 5.32 Å². The first-order valence-corrected chi connectivity index (χ1v) is 6.18. The van der Waals surface area contributed by atoms with Gasteiger partial charge in [0, 0.05) is 18.0 Å². The molecule has 0 atom stereocenters. The van der Waals surface area contributed by atoms with E-state index in [2.05, 4.69) is 0 Å². The Morgan fingerprint density at radius 2 is 1.57 bits per heavy atom. The standard InChI is InChI=1S/C11H5F5N2O2S/c12-6-7(13)9(15)11(10(16)8(6)14)17-2-4-1-5(18(19)20)21-3-4/h1,3,17H,2H2. The van der Waals surface area contributed by atoms with Crippen LogP contribution in [0.4, 0.5) is 32.6 Å². The summed E-state index contributed by atoms with van der Waals surface area (Å²) in [6.45, 7) is -0.331. The van der Waals surface area contributed by atoms with Crippen LogP contribution in [0.3, 0.4) is 0 Å². The average Bonchev–Trinajstić information content (AvgIpc) is 2.92. The normalized spacial score (nSPS) is 10.7. The third kappa shape index (κ3) is 2.79. The second-order valence-corrected chi connectivity index (χ2v) is 4.74. The van der Waals surface area contributed by atoms with E-state index in [-0.39, 0.29) is 17.1 Å². The van der Waals surface area contributed by atoms with Crippen molar-refractivity contribution in [2.24, 2.45) is 0 Å². The van der Waals surface area contributed by atoms with Crippen LogP contribution in [-0.2, 0) is 6.54 Å². The van der Waals surface area contributed by atoms with Gasteiger partial charge in [-0.25, -0.2) is 22.0 Å². The number of thiophene rings is 1. The number of hydrogen-bond acceptors (Lipinski definition) is 4. The number of anilines is 1. The Bertz CT molecular complexity index is 690. The number of nitrogens with zero attached hydrogens (tertiary/aromatic N) is 1. The van der Waals surface area contributed by atoms with Crippen LogP contribution in [0.5, 0.6) is 0 Å². The first-order valence-electron chi connectivity index (χ1n) is 5.30. The van der Waals surface area contributed by atoms with Gasteiger partial charge in [-0.1, -0.05) is 11.3 Å². The molecule has 0 spiro atoms. The summed E-state index contributed by atoms with van der Waals surface area (Å²) in [5.74, 6) is -10.4. The lowest BCUT2D eigenvalue weighted by atomic mass is 10.2. The van der Waals surface area contributed by atoms with Crippen LogP contribution in [0.25, 0.3) is 0 Å². The quantitative estimate of drug-likeness (QED) is 0.304. The molecule has 4 nitrogen and oxygen atoms in total. The molecule has 0 fully saturated rings. The largest absolute Gasteiger partial charge is 0.376 e. The van der Waals surface area contributed by atoms with Crippen molar-refractivity contribution < 1.29 is 26.9 Å². The van der Waals surface area contributed by atoms with Gasteiger partial charge in [-0.2, -0.15) is 0 Å². The third-order valence-electron chi connectivity index (χ3n) is 2.50.